The van der Waals surface area contributed by atoms with E-state index in [4.69, 9.17) is 26.8 Å². The van der Waals surface area contributed by atoms with Gasteiger partial charge in [-0.3, -0.25) is 9.69 Å². The van der Waals surface area contributed by atoms with Crippen LogP contribution in [-0.4, -0.2) is 124 Å². The number of nitrogens with two attached hydrogens (primary N) is 1. The molecule has 1 aromatic rings. The number of anilines is 1. The van der Waals surface area contributed by atoms with Gasteiger partial charge in [-0.05, 0) is 19.5 Å². The molecule has 2 atom stereocenters. The van der Waals surface area contributed by atoms with Gasteiger partial charge in [0.2, 0.25) is 0 Å². The van der Waals surface area contributed by atoms with Crippen LogP contribution in [0, 0.1) is 0 Å². The van der Waals surface area contributed by atoms with Crippen LogP contribution >= 0.6 is 11.6 Å². The van der Waals surface area contributed by atoms with Gasteiger partial charge in [-0.2, -0.15) is 0 Å². The van der Waals surface area contributed by atoms with Gasteiger partial charge in [0.15, 0.2) is 0 Å². The monoisotopic (exact) mass is 496 g/mol. The lowest BCUT2D eigenvalue weighted by Gasteiger charge is -2.39. The summed E-state index contributed by atoms with van der Waals surface area (Å²) in [6, 6.07) is 3.00. The third kappa shape index (κ3) is 6.44. The van der Waals surface area contributed by atoms with Crippen molar-refractivity contribution in [1.82, 2.24) is 24.9 Å². The number of nitrogen functional groups attached to an aromatic ring is 1. The van der Waals surface area contributed by atoms with Crippen molar-refractivity contribution < 1.29 is 19.1 Å². The molecule has 34 heavy (non-hydrogen) atoms. The number of halogens is 1. The summed E-state index contributed by atoms with van der Waals surface area (Å²) < 4.78 is 11.0. The summed E-state index contributed by atoms with van der Waals surface area (Å²) in [5.74, 6) is 0.0932. The molecular weight excluding hydrogens is 460 g/mol. The molecule has 0 aliphatic carbocycles. The topological polar surface area (TPSA) is 104 Å². The summed E-state index contributed by atoms with van der Waals surface area (Å²) >= 11 is 6.12. The van der Waals surface area contributed by atoms with Crippen LogP contribution in [0.25, 0.3) is 0 Å². The minimum atomic E-state index is -0.281. The maximum Gasteiger partial charge on any atom is 0.319 e. The fourth-order valence-electron chi connectivity index (χ4n) is 4.38. The molecule has 0 bridgehead atoms. The molecule has 0 radical (unpaired) electrons. The van der Waals surface area contributed by atoms with Gasteiger partial charge in [-0.15, -0.1) is 0 Å². The molecule has 0 aromatic heterocycles. The van der Waals surface area contributed by atoms with Crippen LogP contribution in [0.2, 0.25) is 5.02 Å². The van der Waals surface area contributed by atoms with Crippen LogP contribution in [0.4, 0.5) is 10.5 Å². The molecule has 11 heteroatoms. The van der Waals surface area contributed by atoms with Crippen LogP contribution in [0.3, 0.4) is 0 Å². The fourth-order valence-corrected chi connectivity index (χ4v) is 4.54. The number of urea groups is 1. The molecule has 3 N–H and O–H groups in total. The Bertz CT molecular complexity index is 864. The first-order valence-electron chi connectivity index (χ1n) is 11.6. The SMILES string of the molecule is COc1cc(N)c(Cl)cc1C(=O)N[C@@H]1CCN(CCN(C)C(=O)N2CCN(C)CC2)C[C@@H]1OC. The maximum absolute atomic E-state index is 12.9. The Kier molecular flexibility index (Phi) is 9.24. The first-order chi connectivity index (χ1) is 16.2. The number of hydrogen-bond acceptors (Lipinski definition) is 7. The Hall–Kier alpha value is -2.27. The molecule has 2 aliphatic rings. The zero-order valence-corrected chi connectivity index (χ0v) is 21.3. The second-order valence-electron chi connectivity index (χ2n) is 9.01. The van der Waals surface area contributed by atoms with Crippen LogP contribution in [0.5, 0.6) is 5.75 Å². The lowest BCUT2D eigenvalue weighted by molar-refractivity contribution is 0.00485. The van der Waals surface area contributed by atoms with E-state index in [2.05, 4.69) is 22.2 Å². The number of piperidine rings is 1. The second kappa shape index (κ2) is 11.9. The number of carbonyl (C=O) groups is 2. The zero-order valence-electron chi connectivity index (χ0n) is 20.6. The molecule has 3 rings (SSSR count). The number of ether oxygens (including phenoxy) is 2. The third-order valence-corrected chi connectivity index (χ3v) is 7.01. The Balaban J connectivity index is 1.51. The highest BCUT2D eigenvalue weighted by molar-refractivity contribution is 6.33. The average molecular weight is 497 g/mol. The molecule has 10 nitrogen and oxygen atoms in total. The van der Waals surface area contributed by atoms with Gasteiger partial charge in [-0.25, -0.2) is 4.79 Å². The van der Waals surface area contributed by atoms with E-state index in [1.165, 1.54) is 13.2 Å². The highest BCUT2D eigenvalue weighted by Gasteiger charge is 2.32. The quantitative estimate of drug-likeness (QED) is 0.544. The molecule has 2 heterocycles. The van der Waals surface area contributed by atoms with Gasteiger partial charge >= 0.3 is 6.03 Å². The molecule has 190 valence electrons. The fraction of sp³-hybridized carbons (Fsp3) is 0.652. The molecule has 2 saturated heterocycles. The lowest BCUT2D eigenvalue weighted by atomic mass is 10.0. The molecule has 1 aromatic carbocycles. The van der Waals surface area contributed by atoms with Crippen LogP contribution in [0.15, 0.2) is 12.1 Å². The van der Waals surface area contributed by atoms with Gasteiger partial charge in [0.25, 0.3) is 5.91 Å². The predicted octanol–water partition coefficient (Wildman–Crippen LogP) is 1.05. The van der Waals surface area contributed by atoms with Gasteiger partial charge in [-0.1, -0.05) is 11.6 Å². The summed E-state index contributed by atoms with van der Waals surface area (Å²) in [6.07, 6.45) is 0.553. The highest BCUT2D eigenvalue weighted by Crippen LogP contribution is 2.29. The largest absolute Gasteiger partial charge is 0.496 e. The molecular formula is C23H37ClN6O4. The van der Waals surface area contributed by atoms with E-state index in [-0.39, 0.29) is 24.1 Å². The van der Waals surface area contributed by atoms with E-state index in [1.54, 1.807) is 18.1 Å². The molecule has 2 aliphatic heterocycles. The summed E-state index contributed by atoms with van der Waals surface area (Å²) in [5.41, 5.74) is 6.52. The summed E-state index contributed by atoms with van der Waals surface area (Å²) in [6.45, 7) is 6.18. The van der Waals surface area contributed by atoms with E-state index in [9.17, 15) is 9.59 Å². The molecule has 3 amide bonds. The number of amides is 3. The van der Waals surface area contributed by atoms with Crippen molar-refractivity contribution in [3.63, 3.8) is 0 Å². The van der Waals surface area contributed by atoms with Crippen LogP contribution in [0.1, 0.15) is 16.8 Å². The van der Waals surface area contributed by atoms with E-state index >= 15 is 0 Å². The number of piperazine rings is 1. The number of nitrogens with zero attached hydrogens (tertiary/aromatic N) is 4. The minimum Gasteiger partial charge on any atom is -0.496 e. The third-order valence-electron chi connectivity index (χ3n) is 6.68. The Morgan fingerprint density at radius 1 is 1.21 bits per heavy atom. The standard InChI is InChI=1S/C23H37ClN6O4/c1-27-7-11-30(12-8-27)23(32)28(2)9-10-29-6-5-19(21(15-29)34-4)26-22(31)16-13-17(24)18(25)14-20(16)33-3/h13-14,19,21H,5-12,15,25H2,1-4H3,(H,26,31)/t19-,21+/m1/s1. The van der Waals surface area contributed by atoms with Crippen molar-refractivity contribution >= 4 is 29.2 Å². The van der Waals surface area contributed by atoms with Crippen molar-refractivity contribution in [2.24, 2.45) is 0 Å². The molecule has 0 spiro atoms. The smallest absolute Gasteiger partial charge is 0.319 e. The second-order valence-corrected chi connectivity index (χ2v) is 9.42. The summed E-state index contributed by atoms with van der Waals surface area (Å²) in [7, 11) is 7.07. The Labute approximate surface area is 206 Å². The molecule has 0 unspecified atom stereocenters. The van der Waals surface area contributed by atoms with E-state index in [1.807, 2.05) is 11.9 Å². The number of likely N-dealkylation sites (N-methyl/N-ethyl adjacent to an activating group) is 2. The first-order valence-corrected chi connectivity index (χ1v) is 12.0. The number of nitrogens with one attached hydrogen (secondary N) is 1. The number of carbonyl (C=O) groups excluding carboxylic acids is 2. The van der Waals surface area contributed by atoms with Crippen molar-refractivity contribution in [3.05, 3.63) is 22.7 Å². The normalized spacial score (nSPS) is 21.9. The Morgan fingerprint density at radius 3 is 2.56 bits per heavy atom. The van der Waals surface area contributed by atoms with Crippen molar-refractivity contribution in [2.75, 3.05) is 86.4 Å². The maximum atomic E-state index is 12.9. The molecule has 0 saturated carbocycles. The van der Waals surface area contributed by atoms with Gasteiger partial charge < -0.3 is 35.2 Å². The van der Waals surface area contributed by atoms with E-state index < -0.39 is 0 Å². The summed E-state index contributed by atoms with van der Waals surface area (Å²) in [5, 5.41) is 3.37. The predicted molar refractivity (Wildman–Crippen MR) is 133 cm³/mol. The highest BCUT2D eigenvalue weighted by atomic mass is 35.5. The van der Waals surface area contributed by atoms with Gasteiger partial charge in [0.05, 0.1) is 35.5 Å². The number of benzene rings is 1. The van der Waals surface area contributed by atoms with E-state index in [0.29, 0.717) is 35.1 Å². The first kappa shape index (κ1) is 26.3. The van der Waals surface area contributed by atoms with Gasteiger partial charge in [0, 0.05) is 72.6 Å². The average Bonchev–Trinajstić information content (AvgIpc) is 2.84. The zero-order chi connectivity index (χ0) is 24.8. The van der Waals surface area contributed by atoms with E-state index in [0.717, 1.165) is 45.7 Å². The van der Waals surface area contributed by atoms with Crippen LogP contribution < -0.4 is 15.8 Å². The molecule has 2 fully saturated rings. The van der Waals surface area contributed by atoms with Crippen molar-refractivity contribution in [1.29, 1.82) is 0 Å². The number of likely N-dealkylation sites (tertiary alicyclic amines) is 1. The lowest BCUT2D eigenvalue weighted by Crippen LogP contribution is -2.56. The number of methoxy groups -OCH3 is 2. The Morgan fingerprint density at radius 2 is 1.91 bits per heavy atom. The van der Waals surface area contributed by atoms with Gasteiger partial charge in [0.1, 0.15) is 5.75 Å². The van der Waals surface area contributed by atoms with Crippen molar-refractivity contribution in [2.45, 2.75) is 18.6 Å². The summed E-state index contributed by atoms with van der Waals surface area (Å²) in [4.78, 5) is 33.9. The number of hydrogen-bond donors (Lipinski definition) is 2. The van der Waals surface area contributed by atoms with Crippen LogP contribution in [-0.2, 0) is 4.74 Å². The minimum absolute atomic E-state index is 0.0784. The number of rotatable bonds is 7. The van der Waals surface area contributed by atoms with Crippen molar-refractivity contribution in [3.8, 4) is 5.75 Å².